The molecule has 4 nitrogen and oxygen atoms in total. The van der Waals surface area contributed by atoms with Crippen LogP contribution in [0, 0.1) is 0 Å². The van der Waals surface area contributed by atoms with Crippen molar-refractivity contribution in [2.24, 2.45) is 0 Å². The first-order chi connectivity index (χ1) is 11.7. The SMILES string of the molecule is O=C(NC1CC1)c1ccccc1-c1ncc(-c2cccc(Br)c2)o1. The lowest BCUT2D eigenvalue weighted by molar-refractivity contribution is 0.0951. The van der Waals surface area contributed by atoms with Gasteiger partial charge in [0.05, 0.1) is 11.8 Å². The second-order valence-electron chi connectivity index (χ2n) is 5.83. The Hall–Kier alpha value is -2.40. The van der Waals surface area contributed by atoms with E-state index >= 15 is 0 Å². The maximum Gasteiger partial charge on any atom is 0.252 e. The first-order valence-corrected chi connectivity index (χ1v) is 8.62. The molecule has 1 N–H and O–H groups in total. The fourth-order valence-electron chi connectivity index (χ4n) is 2.53. The minimum absolute atomic E-state index is 0.0738. The van der Waals surface area contributed by atoms with Gasteiger partial charge < -0.3 is 9.73 Å². The van der Waals surface area contributed by atoms with Gasteiger partial charge in [0.25, 0.3) is 5.91 Å². The Kier molecular flexibility index (Phi) is 3.94. The summed E-state index contributed by atoms with van der Waals surface area (Å²) in [7, 11) is 0. The van der Waals surface area contributed by atoms with Gasteiger partial charge in [0.2, 0.25) is 5.89 Å². The van der Waals surface area contributed by atoms with Gasteiger partial charge in [0.1, 0.15) is 0 Å². The summed E-state index contributed by atoms with van der Waals surface area (Å²) in [6.07, 6.45) is 3.80. The minimum Gasteiger partial charge on any atom is -0.436 e. The molecule has 1 aliphatic rings. The van der Waals surface area contributed by atoms with E-state index in [0.717, 1.165) is 22.9 Å². The van der Waals surface area contributed by atoms with Crippen LogP contribution >= 0.6 is 15.9 Å². The maximum absolute atomic E-state index is 12.4. The molecule has 1 amide bonds. The number of halogens is 1. The standard InChI is InChI=1S/C19H15BrN2O2/c20-13-5-3-4-12(10-13)17-11-21-19(24-17)16-7-2-1-6-15(16)18(23)22-14-8-9-14/h1-7,10-11,14H,8-9H2,(H,22,23). The largest absolute Gasteiger partial charge is 0.436 e. The van der Waals surface area contributed by atoms with Crippen molar-refractivity contribution in [3.8, 4) is 22.8 Å². The van der Waals surface area contributed by atoms with Crippen molar-refractivity contribution < 1.29 is 9.21 Å². The molecule has 0 spiro atoms. The van der Waals surface area contributed by atoms with Crippen molar-refractivity contribution in [1.82, 2.24) is 10.3 Å². The predicted octanol–water partition coefficient (Wildman–Crippen LogP) is 4.66. The van der Waals surface area contributed by atoms with E-state index in [2.05, 4.69) is 26.2 Å². The number of hydrogen-bond acceptors (Lipinski definition) is 3. The molecule has 0 bridgehead atoms. The summed E-state index contributed by atoms with van der Waals surface area (Å²) in [4.78, 5) is 16.8. The van der Waals surface area contributed by atoms with Gasteiger partial charge in [-0.25, -0.2) is 4.98 Å². The van der Waals surface area contributed by atoms with Crippen molar-refractivity contribution in [3.05, 3.63) is 64.8 Å². The number of oxazole rings is 1. The number of hydrogen-bond donors (Lipinski definition) is 1. The van der Waals surface area contributed by atoms with Crippen LogP contribution in [0.5, 0.6) is 0 Å². The van der Waals surface area contributed by atoms with E-state index in [1.807, 2.05) is 42.5 Å². The predicted molar refractivity (Wildman–Crippen MR) is 95.6 cm³/mol. The van der Waals surface area contributed by atoms with Crippen LogP contribution in [0.15, 0.2) is 63.6 Å². The molecule has 0 saturated heterocycles. The molecule has 1 aromatic heterocycles. The molecule has 5 heteroatoms. The third-order valence-electron chi connectivity index (χ3n) is 3.93. The second kappa shape index (κ2) is 6.24. The summed E-state index contributed by atoms with van der Waals surface area (Å²) in [6.45, 7) is 0. The van der Waals surface area contributed by atoms with Crippen LogP contribution in [0.1, 0.15) is 23.2 Å². The van der Waals surface area contributed by atoms with Crippen LogP contribution in [-0.2, 0) is 0 Å². The average Bonchev–Trinajstić information content (AvgIpc) is 3.27. The van der Waals surface area contributed by atoms with Gasteiger partial charge in [-0.2, -0.15) is 0 Å². The molecule has 2 aromatic carbocycles. The highest BCUT2D eigenvalue weighted by Gasteiger charge is 2.25. The van der Waals surface area contributed by atoms with Crippen molar-refractivity contribution >= 4 is 21.8 Å². The Bertz CT molecular complexity index is 900. The minimum atomic E-state index is -0.0738. The van der Waals surface area contributed by atoms with E-state index in [9.17, 15) is 4.79 Å². The summed E-state index contributed by atoms with van der Waals surface area (Å²) < 4.78 is 6.88. The molecule has 24 heavy (non-hydrogen) atoms. The van der Waals surface area contributed by atoms with Gasteiger partial charge >= 0.3 is 0 Å². The summed E-state index contributed by atoms with van der Waals surface area (Å²) in [5.41, 5.74) is 2.23. The summed E-state index contributed by atoms with van der Waals surface area (Å²) in [5, 5.41) is 3.01. The zero-order valence-corrected chi connectivity index (χ0v) is 14.4. The summed E-state index contributed by atoms with van der Waals surface area (Å²) in [5.74, 6) is 1.05. The molecule has 0 aliphatic heterocycles. The molecular formula is C19H15BrN2O2. The van der Waals surface area contributed by atoms with Crippen LogP contribution in [0.2, 0.25) is 0 Å². The number of nitrogens with one attached hydrogen (secondary N) is 1. The maximum atomic E-state index is 12.4. The number of rotatable bonds is 4. The number of nitrogens with zero attached hydrogens (tertiary/aromatic N) is 1. The molecule has 120 valence electrons. The molecule has 1 heterocycles. The van der Waals surface area contributed by atoms with Gasteiger partial charge in [-0.05, 0) is 37.1 Å². The summed E-state index contributed by atoms with van der Waals surface area (Å²) in [6, 6.07) is 15.5. The molecule has 1 saturated carbocycles. The summed E-state index contributed by atoms with van der Waals surface area (Å²) >= 11 is 3.46. The molecule has 4 rings (SSSR count). The lowest BCUT2D eigenvalue weighted by atomic mass is 10.1. The van der Waals surface area contributed by atoms with E-state index in [4.69, 9.17) is 4.42 Å². The molecule has 1 fully saturated rings. The van der Waals surface area contributed by atoms with Gasteiger partial charge in [-0.15, -0.1) is 0 Å². The Morgan fingerprint density at radius 3 is 2.79 bits per heavy atom. The van der Waals surface area contributed by atoms with Crippen molar-refractivity contribution in [1.29, 1.82) is 0 Å². The van der Waals surface area contributed by atoms with Crippen LogP contribution in [-0.4, -0.2) is 16.9 Å². The zero-order chi connectivity index (χ0) is 16.5. The lowest BCUT2D eigenvalue weighted by Gasteiger charge is -2.07. The lowest BCUT2D eigenvalue weighted by Crippen LogP contribution is -2.25. The van der Waals surface area contributed by atoms with Crippen LogP contribution in [0.25, 0.3) is 22.8 Å². The highest BCUT2D eigenvalue weighted by atomic mass is 79.9. The fourth-order valence-corrected chi connectivity index (χ4v) is 2.93. The first kappa shape index (κ1) is 15.1. The van der Waals surface area contributed by atoms with E-state index in [0.29, 0.717) is 28.8 Å². The molecular weight excluding hydrogens is 368 g/mol. The third-order valence-corrected chi connectivity index (χ3v) is 4.42. The molecule has 0 unspecified atom stereocenters. The number of aromatic nitrogens is 1. The fraction of sp³-hybridized carbons (Fsp3) is 0.158. The van der Waals surface area contributed by atoms with Gasteiger partial charge in [0.15, 0.2) is 5.76 Å². The second-order valence-corrected chi connectivity index (χ2v) is 6.75. The number of carbonyl (C=O) groups is 1. The quantitative estimate of drug-likeness (QED) is 0.713. The van der Waals surface area contributed by atoms with Crippen LogP contribution < -0.4 is 5.32 Å². The van der Waals surface area contributed by atoms with Crippen molar-refractivity contribution in [2.75, 3.05) is 0 Å². The average molecular weight is 383 g/mol. The van der Waals surface area contributed by atoms with Crippen molar-refractivity contribution in [2.45, 2.75) is 18.9 Å². The van der Waals surface area contributed by atoms with Gasteiger partial charge in [-0.3, -0.25) is 4.79 Å². The van der Waals surface area contributed by atoms with Crippen molar-refractivity contribution in [3.63, 3.8) is 0 Å². The Labute approximate surface area is 148 Å². The van der Waals surface area contributed by atoms with E-state index < -0.39 is 0 Å². The highest BCUT2D eigenvalue weighted by Crippen LogP contribution is 2.30. The van der Waals surface area contributed by atoms with E-state index in [1.165, 1.54) is 0 Å². The number of benzene rings is 2. The van der Waals surface area contributed by atoms with E-state index in [1.54, 1.807) is 12.3 Å². The normalized spacial score (nSPS) is 13.7. The van der Waals surface area contributed by atoms with E-state index in [-0.39, 0.29) is 5.91 Å². The molecule has 0 radical (unpaired) electrons. The van der Waals surface area contributed by atoms with Crippen LogP contribution in [0.4, 0.5) is 0 Å². The zero-order valence-electron chi connectivity index (χ0n) is 12.8. The smallest absolute Gasteiger partial charge is 0.252 e. The molecule has 0 atom stereocenters. The molecule has 3 aromatic rings. The van der Waals surface area contributed by atoms with Gasteiger partial charge in [0, 0.05) is 21.6 Å². The topological polar surface area (TPSA) is 55.1 Å². The first-order valence-electron chi connectivity index (χ1n) is 7.83. The molecule has 1 aliphatic carbocycles. The van der Waals surface area contributed by atoms with Gasteiger partial charge in [-0.1, -0.05) is 40.2 Å². The monoisotopic (exact) mass is 382 g/mol. The Morgan fingerprint density at radius 1 is 1.17 bits per heavy atom. The number of amides is 1. The highest BCUT2D eigenvalue weighted by molar-refractivity contribution is 9.10. The van der Waals surface area contributed by atoms with Crippen LogP contribution in [0.3, 0.4) is 0 Å². The Balaban J connectivity index is 1.68. The third kappa shape index (κ3) is 3.12. The number of carbonyl (C=O) groups excluding carboxylic acids is 1. The Morgan fingerprint density at radius 2 is 2.00 bits per heavy atom.